The molecule has 18 heavy (non-hydrogen) atoms. The van der Waals surface area contributed by atoms with Crippen molar-refractivity contribution in [3.8, 4) is 0 Å². The van der Waals surface area contributed by atoms with Crippen LogP contribution < -0.4 is 0 Å². The Morgan fingerprint density at radius 3 is 2.89 bits per heavy atom. The standard InChI is InChI=1S/C14H19ClN2O/c1-3-14-16-12-7-6-11(15)10-13(12)17(14)8-5-9-18-4-2/h6-7,10H,3-5,8-9H2,1-2H3. The third-order valence-corrected chi connectivity index (χ3v) is 3.22. The van der Waals surface area contributed by atoms with Gasteiger partial charge in [0.25, 0.3) is 0 Å². The molecule has 0 spiro atoms. The summed E-state index contributed by atoms with van der Waals surface area (Å²) in [7, 11) is 0. The molecular formula is C14H19ClN2O. The van der Waals surface area contributed by atoms with Gasteiger partial charge in [-0.25, -0.2) is 4.98 Å². The number of imidazole rings is 1. The number of aryl methyl sites for hydroxylation is 2. The molecule has 0 aliphatic heterocycles. The minimum atomic E-state index is 0.760. The minimum Gasteiger partial charge on any atom is -0.382 e. The number of fused-ring (bicyclic) bond motifs is 1. The Hall–Kier alpha value is -1.06. The molecule has 0 unspecified atom stereocenters. The number of halogens is 1. The number of ether oxygens (including phenoxy) is 1. The van der Waals surface area contributed by atoms with Gasteiger partial charge in [-0.05, 0) is 31.5 Å². The quantitative estimate of drug-likeness (QED) is 0.746. The number of nitrogens with zero attached hydrogens (tertiary/aromatic N) is 2. The van der Waals surface area contributed by atoms with E-state index in [4.69, 9.17) is 16.3 Å². The molecule has 1 aromatic heterocycles. The van der Waals surface area contributed by atoms with E-state index in [1.165, 1.54) is 0 Å². The molecule has 0 bridgehead atoms. The summed E-state index contributed by atoms with van der Waals surface area (Å²) in [6.07, 6.45) is 1.93. The summed E-state index contributed by atoms with van der Waals surface area (Å²) in [4.78, 5) is 4.63. The maximum atomic E-state index is 6.06. The molecule has 4 heteroatoms. The zero-order valence-electron chi connectivity index (χ0n) is 10.9. The van der Waals surface area contributed by atoms with E-state index in [9.17, 15) is 0 Å². The first kappa shape index (κ1) is 13.4. The first-order chi connectivity index (χ1) is 8.76. The summed E-state index contributed by atoms with van der Waals surface area (Å²) in [5.74, 6) is 1.11. The molecule has 3 nitrogen and oxygen atoms in total. The fourth-order valence-corrected chi connectivity index (χ4v) is 2.30. The topological polar surface area (TPSA) is 27.1 Å². The van der Waals surface area contributed by atoms with E-state index < -0.39 is 0 Å². The van der Waals surface area contributed by atoms with E-state index in [1.807, 2.05) is 25.1 Å². The van der Waals surface area contributed by atoms with Gasteiger partial charge in [0.15, 0.2) is 0 Å². The maximum Gasteiger partial charge on any atom is 0.109 e. The Balaban J connectivity index is 2.25. The van der Waals surface area contributed by atoms with Crippen molar-refractivity contribution >= 4 is 22.6 Å². The monoisotopic (exact) mass is 266 g/mol. The number of benzene rings is 1. The van der Waals surface area contributed by atoms with Gasteiger partial charge < -0.3 is 9.30 Å². The molecular weight excluding hydrogens is 248 g/mol. The van der Waals surface area contributed by atoms with Gasteiger partial charge in [0.1, 0.15) is 5.82 Å². The lowest BCUT2D eigenvalue weighted by molar-refractivity contribution is 0.141. The van der Waals surface area contributed by atoms with Crippen molar-refractivity contribution in [3.63, 3.8) is 0 Å². The molecule has 0 amide bonds. The van der Waals surface area contributed by atoms with Gasteiger partial charge in [-0.15, -0.1) is 0 Å². The Morgan fingerprint density at radius 1 is 1.33 bits per heavy atom. The summed E-state index contributed by atoms with van der Waals surface area (Å²) in [6, 6.07) is 5.86. The van der Waals surface area contributed by atoms with Crippen molar-refractivity contribution in [3.05, 3.63) is 29.0 Å². The van der Waals surface area contributed by atoms with Crippen LogP contribution in [0.3, 0.4) is 0 Å². The highest BCUT2D eigenvalue weighted by molar-refractivity contribution is 6.31. The van der Waals surface area contributed by atoms with Gasteiger partial charge in [0.05, 0.1) is 11.0 Å². The van der Waals surface area contributed by atoms with Crippen LogP contribution in [0.5, 0.6) is 0 Å². The summed E-state index contributed by atoms with van der Waals surface area (Å²) in [5, 5.41) is 0.760. The molecule has 2 aromatic rings. The molecule has 0 aliphatic rings. The van der Waals surface area contributed by atoms with E-state index in [1.54, 1.807) is 0 Å². The van der Waals surface area contributed by atoms with Crippen LogP contribution in [0, 0.1) is 0 Å². The second-order valence-electron chi connectivity index (χ2n) is 4.22. The van der Waals surface area contributed by atoms with Gasteiger partial charge in [-0.1, -0.05) is 18.5 Å². The molecule has 0 saturated heterocycles. The fourth-order valence-electron chi connectivity index (χ4n) is 2.13. The third-order valence-electron chi connectivity index (χ3n) is 2.98. The van der Waals surface area contributed by atoms with Crippen LogP contribution in [0.25, 0.3) is 11.0 Å². The van der Waals surface area contributed by atoms with Gasteiger partial charge in [0.2, 0.25) is 0 Å². The second-order valence-corrected chi connectivity index (χ2v) is 4.65. The van der Waals surface area contributed by atoms with Gasteiger partial charge in [-0.3, -0.25) is 0 Å². The average molecular weight is 267 g/mol. The first-order valence-corrected chi connectivity index (χ1v) is 6.86. The van der Waals surface area contributed by atoms with E-state index in [-0.39, 0.29) is 0 Å². The van der Waals surface area contributed by atoms with Crippen molar-refractivity contribution in [2.45, 2.75) is 33.2 Å². The Labute approximate surface area is 113 Å². The Kier molecular flexibility index (Phi) is 4.61. The fraction of sp³-hybridized carbons (Fsp3) is 0.500. The van der Waals surface area contributed by atoms with Crippen LogP contribution in [-0.4, -0.2) is 22.8 Å². The molecule has 0 aliphatic carbocycles. The summed E-state index contributed by atoms with van der Waals surface area (Å²) in [6.45, 7) is 6.64. The number of hydrogen-bond donors (Lipinski definition) is 0. The minimum absolute atomic E-state index is 0.760. The normalized spacial score (nSPS) is 11.3. The van der Waals surface area contributed by atoms with Crippen LogP contribution in [-0.2, 0) is 17.7 Å². The highest BCUT2D eigenvalue weighted by Crippen LogP contribution is 2.21. The van der Waals surface area contributed by atoms with E-state index in [0.717, 1.165) is 54.5 Å². The highest BCUT2D eigenvalue weighted by atomic mass is 35.5. The zero-order valence-corrected chi connectivity index (χ0v) is 11.7. The van der Waals surface area contributed by atoms with Crippen LogP contribution in [0.15, 0.2) is 18.2 Å². The van der Waals surface area contributed by atoms with E-state index in [0.29, 0.717) is 0 Å². The lowest BCUT2D eigenvalue weighted by Crippen LogP contribution is -2.06. The third kappa shape index (κ3) is 2.85. The molecule has 2 rings (SSSR count). The lowest BCUT2D eigenvalue weighted by atomic mass is 10.3. The van der Waals surface area contributed by atoms with Crippen molar-refractivity contribution < 1.29 is 4.74 Å². The van der Waals surface area contributed by atoms with Crippen LogP contribution >= 0.6 is 11.6 Å². The number of rotatable bonds is 6. The molecule has 0 radical (unpaired) electrons. The molecule has 1 aromatic carbocycles. The van der Waals surface area contributed by atoms with Crippen molar-refractivity contribution in [1.82, 2.24) is 9.55 Å². The van der Waals surface area contributed by atoms with Crippen LogP contribution in [0.4, 0.5) is 0 Å². The molecule has 98 valence electrons. The largest absolute Gasteiger partial charge is 0.382 e. The molecule has 0 fully saturated rings. The number of hydrogen-bond acceptors (Lipinski definition) is 2. The van der Waals surface area contributed by atoms with Crippen LogP contribution in [0.1, 0.15) is 26.1 Å². The first-order valence-electron chi connectivity index (χ1n) is 6.48. The SMILES string of the molecule is CCOCCCn1c(CC)nc2ccc(Cl)cc21. The maximum absolute atomic E-state index is 6.06. The van der Waals surface area contributed by atoms with Gasteiger partial charge in [-0.2, -0.15) is 0 Å². The van der Waals surface area contributed by atoms with Crippen molar-refractivity contribution in [2.75, 3.05) is 13.2 Å². The number of aromatic nitrogens is 2. The predicted molar refractivity (Wildman–Crippen MR) is 75.2 cm³/mol. The molecule has 1 heterocycles. The van der Waals surface area contributed by atoms with Crippen LogP contribution in [0.2, 0.25) is 5.02 Å². The van der Waals surface area contributed by atoms with Crippen molar-refractivity contribution in [1.29, 1.82) is 0 Å². The summed E-state index contributed by atoms with van der Waals surface area (Å²) in [5.41, 5.74) is 2.14. The summed E-state index contributed by atoms with van der Waals surface area (Å²) < 4.78 is 7.63. The molecule has 0 saturated carbocycles. The lowest BCUT2D eigenvalue weighted by Gasteiger charge is -2.08. The average Bonchev–Trinajstić information content (AvgIpc) is 2.72. The zero-order chi connectivity index (χ0) is 13.0. The second kappa shape index (κ2) is 6.21. The summed E-state index contributed by atoms with van der Waals surface area (Å²) >= 11 is 6.06. The van der Waals surface area contributed by atoms with Crippen molar-refractivity contribution in [2.24, 2.45) is 0 Å². The van der Waals surface area contributed by atoms with E-state index in [2.05, 4.69) is 16.5 Å². The molecule has 0 N–H and O–H groups in total. The van der Waals surface area contributed by atoms with Gasteiger partial charge in [0, 0.05) is 31.2 Å². The smallest absolute Gasteiger partial charge is 0.109 e. The molecule has 0 atom stereocenters. The predicted octanol–water partition coefficient (Wildman–Crippen LogP) is 3.68. The Bertz CT molecular complexity index is 522. The highest BCUT2D eigenvalue weighted by Gasteiger charge is 2.09. The Morgan fingerprint density at radius 2 is 2.17 bits per heavy atom. The van der Waals surface area contributed by atoms with E-state index >= 15 is 0 Å². The van der Waals surface area contributed by atoms with Gasteiger partial charge >= 0.3 is 0 Å².